The van der Waals surface area contributed by atoms with Crippen molar-refractivity contribution in [2.24, 2.45) is 0 Å². The molecule has 0 atom stereocenters. The first kappa shape index (κ1) is 24.2. The normalized spacial score (nSPS) is 11.0. The van der Waals surface area contributed by atoms with E-state index in [2.05, 4.69) is 6.92 Å². The number of aromatic hydroxyl groups is 1. The van der Waals surface area contributed by atoms with Gasteiger partial charge in [0.1, 0.15) is 0 Å². The molecule has 3 heteroatoms. The summed E-state index contributed by atoms with van der Waals surface area (Å²) < 4.78 is 5.16. The maximum absolute atomic E-state index is 9.62. The Labute approximate surface area is 172 Å². The summed E-state index contributed by atoms with van der Waals surface area (Å²) in [6.45, 7) is 2.29. The summed E-state index contributed by atoms with van der Waals surface area (Å²) in [5.74, 6) is 3.01. The average Bonchev–Trinajstić information content (AvgIpc) is 2.68. The Bertz CT molecular complexity index is 462. The van der Waals surface area contributed by atoms with Gasteiger partial charge >= 0.3 is 0 Å². The largest absolute Gasteiger partial charge is 0.504 e. The fourth-order valence-electron chi connectivity index (χ4n) is 3.40. The molecule has 0 bridgehead atoms. The number of ether oxygens (including phenoxy) is 1. The van der Waals surface area contributed by atoms with Crippen molar-refractivity contribution < 1.29 is 9.84 Å². The van der Waals surface area contributed by atoms with Crippen molar-refractivity contribution in [1.29, 1.82) is 0 Å². The predicted octanol–water partition coefficient (Wildman–Crippen LogP) is 8.12. The minimum Gasteiger partial charge on any atom is -0.504 e. The van der Waals surface area contributed by atoms with Crippen LogP contribution in [0.5, 0.6) is 11.5 Å². The quantitative estimate of drug-likeness (QED) is 0.255. The van der Waals surface area contributed by atoms with Gasteiger partial charge in [-0.1, -0.05) is 96.5 Å². The molecule has 0 unspecified atom stereocenters. The van der Waals surface area contributed by atoms with E-state index in [0.29, 0.717) is 5.75 Å². The van der Waals surface area contributed by atoms with Crippen molar-refractivity contribution >= 4 is 11.8 Å². The lowest BCUT2D eigenvalue weighted by atomic mass is 10.0. The first-order valence-corrected chi connectivity index (χ1v) is 12.4. The second-order valence-corrected chi connectivity index (χ2v) is 8.76. The Balaban J connectivity index is 1.83. The van der Waals surface area contributed by atoms with E-state index in [9.17, 15) is 5.11 Å². The fraction of sp³-hybridized carbons (Fsp3) is 0.750. The van der Waals surface area contributed by atoms with E-state index in [0.717, 1.165) is 5.75 Å². The van der Waals surface area contributed by atoms with Gasteiger partial charge in [0, 0.05) is 5.75 Å². The van der Waals surface area contributed by atoms with E-state index in [1.165, 1.54) is 101 Å². The molecule has 0 saturated heterocycles. The maximum atomic E-state index is 9.62. The Hall–Kier alpha value is -0.830. The number of methoxy groups -OCH3 is 1. The monoisotopic (exact) mass is 394 g/mol. The minimum atomic E-state index is 0.221. The number of hydrogen-bond donors (Lipinski definition) is 1. The molecule has 0 saturated carbocycles. The molecule has 0 radical (unpaired) electrons. The molecule has 0 aliphatic heterocycles. The van der Waals surface area contributed by atoms with Crippen LogP contribution in [0.1, 0.15) is 102 Å². The lowest BCUT2D eigenvalue weighted by molar-refractivity contribution is 0.373. The third-order valence-corrected chi connectivity index (χ3v) is 6.27. The topological polar surface area (TPSA) is 29.5 Å². The van der Waals surface area contributed by atoms with Crippen molar-refractivity contribution in [2.45, 2.75) is 103 Å². The zero-order valence-electron chi connectivity index (χ0n) is 17.8. The minimum absolute atomic E-state index is 0.221. The van der Waals surface area contributed by atoms with Crippen LogP contribution in [0, 0.1) is 0 Å². The first-order valence-electron chi connectivity index (χ1n) is 11.2. The highest BCUT2D eigenvalue weighted by atomic mass is 32.2. The van der Waals surface area contributed by atoms with Crippen LogP contribution in [0.3, 0.4) is 0 Å². The third-order valence-electron chi connectivity index (χ3n) is 5.16. The average molecular weight is 395 g/mol. The van der Waals surface area contributed by atoms with E-state index in [1.54, 1.807) is 13.2 Å². The third kappa shape index (κ3) is 13.1. The highest BCUT2D eigenvalue weighted by Crippen LogP contribution is 2.28. The van der Waals surface area contributed by atoms with E-state index < -0.39 is 0 Å². The summed E-state index contributed by atoms with van der Waals surface area (Å²) in [6, 6.07) is 5.64. The van der Waals surface area contributed by atoms with Gasteiger partial charge in [0.05, 0.1) is 7.11 Å². The summed E-state index contributed by atoms with van der Waals surface area (Å²) in [4.78, 5) is 0. The summed E-state index contributed by atoms with van der Waals surface area (Å²) >= 11 is 1.98. The Morgan fingerprint density at radius 3 is 1.81 bits per heavy atom. The lowest BCUT2D eigenvalue weighted by Gasteiger charge is -2.07. The Kier molecular flexibility index (Phi) is 15.5. The van der Waals surface area contributed by atoms with E-state index in [-0.39, 0.29) is 5.75 Å². The second kappa shape index (κ2) is 17.3. The molecular weight excluding hydrogens is 352 g/mol. The molecule has 0 spiro atoms. The van der Waals surface area contributed by atoms with Gasteiger partial charge < -0.3 is 9.84 Å². The van der Waals surface area contributed by atoms with Gasteiger partial charge in [-0.2, -0.15) is 11.8 Å². The van der Waals surface area contributed by atoms with Gasteiger partial charge in [0.2, 0.25) is 0 Å². The highest BCUT2D eigenvalue weighted by Gasteiger charge is 2.02. The van der Waals surface area contributed by atoms with Crippen LogP contribution in [0.2, 0.25) is 0 Å². The standard InChI is InChI=1S/C24H42O2S/c1-3-4-5-6-7-8-9-10-11-12-13-14-15-16-19-27-21-22-17-18-23(25)24(20-22)26-2/h17-18,20,25H,3-16,19,21H2,1-2H3. The summed E-state index contributed by atoms with van der Waals surface area (Å²) in [5.41, 5.74) is 1.22. The molecule has 1 rings (SSSR count). The molecular formula is C24H42O2S. The molecule has 0 aliphatic carbocycles. The van der Waals surface area contributed by atoms with Crippen molar-refractivity contribution in [3.63, 3.8) is 0 Å². The van der Waals surface area contributed by atoms with Crippen molar-refractivity contribution in [3.05, 3.63) is 23.8 Å². The molecule has 0 heterocycles. The summed E-state index contributed by atoms with van der Waals surface area (Å²) in [6.07, 6.45) is 19.8. The van der Waals surface area contributed by atoms with Gasteiger partial charge in [0.15, 0.2) is 11.5 Å². The van der Waals surface area contributed by atoms with Crippen LogP contribution in [-0.4, -0.2) is 18.0 Å². The zero-order chi connectivity index (χ0) is 19.6. The van der Waals surface area contributed by atoms with Gasteiger partial charge in [-0.05, 0) is 29.9 Å². The van der Waals surface area contributed by atoms with Gasteiger partial charge in [0.25, 0.3) is 0 Å². The number of phenolic OH excluding ortho intramolecular Hbond substituents is 1. The van der Waals surface area contributed by atoms with Crippen molar-refractivity contribution in [1.82, 2.24) is 0 Å². The predicted molar refractivity (Wildman–Crippen MR) is 121 cm³/mol. The van der Waals surface area contributed by atoms with E-state index in [4.69, 9.17) is 4.74 Å². The second-order valence-electron chi connectivity index (χ2n) is 7.65. The molecule has 1 aromatic carbocycles. The SMILES string of the molecule is CCCCCCCCCCCCCCCCSCc1ccc(O)c(OC)c1. The van der Waals surface area contributed by atoms with Crippen LogP contribution in [0.25, 0.3) is 0 Å². The maximum Gasteiger partial charge on any atom is 0.160 e. The van der Waals surface area contributed by atoms with E-state index in [1.807, 2.05) is 23.9 Å². The van der Waals surface area contributed by atoms with Gasteiger partial charge in [-0.3, -0.25) is 0 Å². The van der Waals surface area contributed by atoms with Crippen LogP contribution >= 0.6 is 11.8 Å². The molecule has 0 fully saturated rings. The van der Waals surface area contributed by atoms with Crippen molar-refractivity contribution in [2.75, 3.05) is 12.9 Å². The molecule has 0 aromatic heterocycles. The molecule has 1 N–H and O–H groups in total. The summed E-state index contributed by atoms with van der Waals surface area (Å²) in [7, 11) is 1.60. The summed E-state index contributed by atoms with van der Waals surface area (Å²) in [5, 5.41) is 9.62. The van der Waals surface area contributed by atoms with Gasteiger partial charge in [-0.25, -0.2) is 0 Å². The van der Waals surface area contributed by atoms with Crippen LogP contribution in [0.15, 0.2) is 18.2 Å². The van der Waals surface area contributed by atoms with Crippen LogP contribution < -0.4 is 4.74 Å². The number of phenols is 1. The number of unbranched alkanes of at least 4 members (excludes halogenated alkanes) is 13. The van der Waals surface area contributed by atoms with Gasteiger partial charge in [-0.15, -0.1) is 0 Å². The molecule has 0 amide bonds. The van der Waals surface area contributed by atoms with Crippen LogP contribution in [0.4, 0.5) is 0 Å². The number of hydrogen-bond acceptors (Lipinski definition) is 3. The lowest BCUT2D eigenvalue weighted by Crippen LogP contribution is -1.88. The van der Waals surface area contributed by atoms with E-state index >= 15 is 0 Å². The molecule has 156 valence electrons. The molecule has 1 aromatic rings. The smallest absolute Gasteiger partial charge is 0.160 e. The number of benzene rings is 1. The number of rotatable bonds is 18. The molecule has 27 heavy (non-hydrogen) atoms. The zero-order valence-corrected chi connectivity index (χ0v) is 18.6. The Morgan fingerprint density at radius 2 is 1.30 bits per heavy atom. The Morgan fingerprint density at radius 1 is 0.778 bits per heavy atom. The molecule has 0 aliphatic rings. The van der Waals surface area contributed by atoms with Crippen LogP contribution in [-0.2, 0) is 5.75 Å². The highest BCUT2D eigenvalue weighted by molar-refractivity contribution is 7.98. The first-order chi connectivity index (χ1) is 13.3. The molecule has 2 nitrogen and oxygen atoms in total. The van der Waals surface area contributed by atoms with Crippen molar-refractivity contribution in [3.8, 4) is 11.5 Å². The fourth-order valence-corrected chi connectivity index (χ4v) is 4.37. The number of thioether (sulfide) groups is 1.